The van der Waals surface area contributed by atoms with Crippen LogP contribution in [0.3, 0.4) is 0 Å². The van der Waals surface area contributed by atoms with E-state index in [-0.39, 0.29) is 24.4 Å². The molecule has 0 saturated carbocycles. The third kappa shape index (κ3) is 3.72. The quantitative estimate of drug-likeness (QED) is 0.208. The van der Waals surface area contributed by atoms with Gasteiger partial charge < -0.3 is 9.30 Å². The molecule has 7 nitrogen and oxygen atoms in total. The second-order valence-electron chi connectivity index (χ2n) is 7.97. The highest BCUT2D eigenvalue weighted by Gasteiger charge is 2.20. The van der Waals surface area contributed by atoms with Gasteiger partial charge in [0.25, 0.3) is 0 Å². The number of ether oxygens (including phenoxy) is 1. The van der Waals surface area contributed by atoms with E-state index < -0.39 is 5.97 Å². The largest absolute Gasteiger partial charge is 0.456 e. The molecule has 170 valence electrons. The molecule has 34 heavy (non-hydrogen) atoms. The number of benzene rings is 2. The van der Waals surface area contributed by atoms with Gasteiger partial charge in [-0.3, -0.25) is 19.0 Å². The molecule has 0 fully saturated rings. The third-order valence-electron chi connectivity index (χ3n) is 5.87. The molecule has 8 heteroatoms. The van der Waals surface area contributed by atoms with E-state index in [0.29, 0.717) is 27.4 Å². The van der Waals surface area contributed by atoms with Crippen LogP contribution >= 0.6 is 11.3 Å². The Labute approximate surface area is 198 Å². The van der Waals surface area contributed by atoms with Crippen molar-refractivity contribution in [3.8, 4) is 5.13 Å². The van der Waals surface area contributed by atoms with Crippen LogP contribution < -0.4 is 5.43 Å². The van der Waals surface area contributed by atoms with Crippen LogP contribution in [0.5, 0.6) is 0 Å². The molecule has 0 saturated heterocycles. The predicted octanol–water partition coefficient (Wildman–Crippen LogP) is 4.44. The second-order valence-corrected chi connectivity index (χ2v) is 8.84. The number of rotatable bonds is 6. The zero-order valence-corrected chi connectivity index (χ0v) is 19.5. The summed E-state index contributed by atoms with van der Waals surface area (Å²) >= 11 is 1.48. The summed E-state index contributed by atoms with van der Waals surface area (Å²) in [5, 5.41) is 3.71. The highest BCUT2D eigenvalue weighted by molar-refractivity contribution is 7.12. The number of pyridine rings is 1. The number of aromatic nitrogens is 3. The van der Waals surface area contributed by atoms with Crippen molar-refractivity contribution in [1.82, 2.24) is 14.1 Å². The third-order valence-corrected chi connectivity index (χ3v) is 6.63. The number of carbonyl (C=O) groups excluding carboxylic acids is 2. The fourth-order valence-corrected chi connectivity index (χ4v) is 5.06. The molecular weight excluding hydrogens is 450 g/mol. The normalized spacial score (nSPS) is 11.2. The lowest BCUT2D eigenvalue weighted by Crippen LogP contribution is -2.21. The summed E-state index contributed by atoms with van der Waals surface area (Å²) < 4.78 is 9.05. The zero-order valence-electron chi connectivity index (χ0n) is 18.6. The van der Waals surface area contributed by atoms with Gasteiger partial charge in [0.2, 0.25) is 5.78 Å². The maximum Gasteiger partial charge on any atom is 0.326 e. The molecule has 5 aromatic rings. The summed E-state index contributed by atoms with van der Waals surface area (Å²) in [7, 11) is 0. The number of hydrogen-bond acceptors (Lipinski definition) is 6. The van der Waals surface area contributed by atoms with Crippen molar-refractivity contribution in [2.24, 2.45) is 0 Å². The van der Waals surface area contributed by atoms with Crippen LogP contribution in [0.2, 0.25) is 0 Å². The Morgan fingerprint density at radius 3 is 2.26 bits per heavy atom. The Morgan fingerprint density at radius 2 is 1.65 bits per heavy atom. The number of aryl methyl sites for hydroxylation is 1. The lowest BCUT2D eigenvalue weighted by molar-refractivity contribution is -0.143. The number of thiazole rings is 1. The van der Waals surface area contributed by atoms with Gasteiger partial charge in [0, 0.05) is 39.3 Å². The van der Waals surface area contributed by atoms with Crippen molar-refractivity contribution in [1.29, 1.82) is 0 Å². The van der Waals surface area contributed by atoms with Crippen molar-refractivity contribution in [3.63, 3.8) is 0 Å². The van der Waals surface area contributed by atoms with Crippen molar-refractivity contribution in [2.75, 3.05) is 6.61 Å². The van der Waals surface area contributed by atoms with E-state index in [2.05, 4.69) is 4.98 Å². The van der Waals surface area contributed by atoms with Gasteiger partial charge in [0.15, 0.2) is 17.2 Å². The molecule has 3 heterocycles. The van der Waals surface area contributed by atoms with Crippen LogP contribution in [-0.4, -0.2) is 32.5 Å². The van der Waals surface area contributed by atoms with Crippen molar-refractivity contribution >= 4 is 44.9 Å². The minimum absolute atomic E-state index is 0.0819. The van der Waals surface area contributed by atoms with Crippen LogP contribution in [0, 0.1) is 13.8 Å². The van der Waals surface area contributed by atoms with E-state index >= 15 is 0 Å². The predicted molar refractivity (Wildman–Crippen MR) is 132 cm³/mol. The molecule has 3 aromatic heterocycles. The number of hydrogen-bond donors (Lipinski definition) is 0. The number of ketones is 1. The monoisotopic (exact) mass is 471 g/mol. The first-order valence-electron chi connectivity index (χ1n) is 10.7. The first-order chi connectivity index (χ1) is 16.5. The Morgan fingerprint density at radius 1 is 1.00 bits per heavy atom. The minimum Gasteiger partial charge on any atom is -0.456 e. The number of esters is 1. The number of carbonyl (C=O) groups is 2. The standard InChI is InChI=1S/C26H21N3O4S/c1-16-13-20(17(2)29(16)26-27-11-12-34-26)23(30)15-33-24(31)14-28-21-9-5-3-7-18(21)25(32)19-8-4-6-10-22(19)28/h3-13H,14-15H2,1-2H3. The average Bonchev–Trinajstić information content (AvgIpc) is 3.47. The van der Waals surface area contributed by atoms with Crippen LogP contribution in [0.4, 0.5) is 0 Å². The smallest absolute Gasteiger partial charge is 0.326 e. The summed E-state index contributed by atoms with van der Waals surface area (Å²) in [5.41, 5.74) is 3.34. The Bertz CT molecular complexity index is 1550. The van der Waals surface area contributed by atoms with E-state index in [1.165, 1.54) is 11.3 Å². The first kappa shape index (κ1) is 21.8. The molecule has 2 aromatic carbocycles. The summed E-state index contributed by atoms with van der Waals surface area (Å²) in [4.78, 5) is 42.8. The Balaban J connectivity index is 1.39. The van der Waals surface area contributed by atoms with E-state index in [1.54, 1.807) is 53.2 Å². The molecule has 0 aliphatic rings. The topological polar surface area (TPSA) is 83.2 Å². The Kier molecular flexibility index (Phi) is 5.59. The average molecular weight is 472 g/mol. The van der Waals surface area contributed by atoms with Crippen molar-refractivity contribution < 1.29 is 14.3 Å². The van der Waals surface area contributed by atoms with E-state index in [1.807, 2.05) is 35.9 Å². The SMILES string of the molecule is Cc1cc(C(=O)COC(=O)Cn2c3ccccc3c(=O)c3ccccc32)c(C)n1-c1nccs1. The number of para-hydroxylation sites is 2. The van der Waals surface area contributed by atoms with E-state index in [0.717, 1.165) is 16.5 Å². The van der Waals surface area contributed by atoms with Gasteiger partial charge in [0.1, 0.15) is 6.54 Å². The maximum absolute atomic E-state index is 12.9. The molecule has 0 radical (unpaired) electrons. The minimum atomic E-state index is -0.555. The second kappa shape index (κ2) is 8.72. The molecule has 0 aliphatic carbocycles. The number of fused-ring (bicyclic) bond motifs is 2. The van der Waals surface area contributed by atoms with Gasteiger partial charge in [-0.2, -0.15) is 0 Å². The van der Waals surface area contributed by atoms with Gasteiger partial charge >= 0.3 is 5.97 Å². The molecule has 0 unspecified atom stereocenters. The van der Waals surface area contributed by atoms with Crippen LogP contribution in [0.15, 0.2) is 71.0 Å². The van der Waals surface area contributed by atoms with Gasteiger partial charge in [-0.25, -0.2) is 4.98 Å². The number of Topliss-reactive ketones (excluding diaryl/α,β-unsaturated/α-hetero) is 1. The van der Waals surface area contributed by atoms with Crippen LogP contribution in [0.25, 0.3) is 26.9 Å². The summed E-state index contributed by atoms with van der Waals surface area (Å²) in [5.74, 6) is -0.833. The van der Waals surface area contributed by atoms with Crippen molar-refractivity contribution in [3.05, 3.63) is 93.3 Å². The summed E-state index contributed by atoms with van der Waals surface area (Å²) in [6.45, 7) is 3.27. The Hall–Kier alpha value is -4.04. The van der Waals surface area contributed by atoms with Gasteiger partial charge in [-0.1, -0.05) is 24.3 Å². The molecule has 0 amide bonds. The van der Waals surface area contributed by atoms with Gasteiger partial charge in [-0.05, 0) is 44.2 Å². The van der Waals surface area contributed by atoms with Crippen LogP contribution in [-0.2, 0) is 16.1 Å². The first-order valence-corrected chi connectivity index (χ1v) is 11.6. The molecule has 0 bridgehead atoms. The highest BCUT2D eigenvalue weighted by atomic mass is 32.1. The lowest BCUT2D eigenvalue weighted by Gasteiger charge is -2.14. The zero-order chi connectivity index (χ0) is 23.8. The van der Waals surface area contributed by atoms with Crippen LogP contribution in [0.1, 0.15) is 21.7 Å². The summed E-state index contributed by atoms with van der Waals surface area (Å²) in [6, 6.07) is 16.1. The highest BCUT2D eigenvalue weighted by Crippen LogP contribution is 2.23. The number of nitrogens with zero attached hydrogens (tertiary/aromatic N) is 3. The fraction of sp³-hybridized carbons (Fsp3) is 0.154. The molecule has 0 N–H and O–H groups in total. The molecule has 0 spiro atoms. The fourth-order valence-electron chi connectivity index (χ4n) is 4.31. The summed E-state index contributed by atoms with van der Waals surface area (Å²) in [6.07, 6.45) is 1.71. The van der Waals surface area contributed by atoms with Gasteiger partial charge in [0.05, 0.1) is 11.0 Å². The van der Waals surface area contributed by atoms with E-state index in [9.17, 15) is 14.4 Å². The molecule has 0 aliphatic heterocycles. The van der Waals surface area contributed by atoms with Crippen molar-refractivity contribution in [2.45, 2.75) is 20.4 Å². The molecular formula is C26H21N3O4S. The maximum atomic E-state index is 12.9. The lowest BCUT2D eigenvalue weighted by atomic mass is 10.1. The molecule has 0 atom stereocenters. The molecule has 5 rings (SSSR count). The van der Waals surface area contributed by atoms with E-state index in [4.69, 9.17) is 4.74 Å². The van der Waals surface area contributed by atoms with Gasteiger partial charge in [-0.15, -0.1) is 11.3 Å².